The van der Waals surface area contributed by atoms with Gasteiger partial charge in [-0.25, -0.2) is 0 Å². The van der Waals surface area contributed by atoms with Gasteiger partial charge in [0.25, 0.3) is 0 Å². The van der Waals surface area contributed by atoms with E-state index < -0.39 is 0 Å². The molecule has 8 heteroatoms. The first-order valence-electron chi connectivity index (χ1n) is 16.0. The first-order valence-corrected chi connectivity index (χ1v) is 16.0. The molecule has 4 aromatic carbocycles. The van der Waals surface area contributed by atoms with Gasteiger partial charge in [0.05, 0.1) is 20.3 Å². The lowest BCUT2D eigenvalue weighted by atomic mass is 9.86. The monoisotopic (exact) mass is 615 g/mol. The first kappa shape index (κ1) is 28.7. The van der Waals surface area contributed by atoms with Crippen molar-refractivity contribution in [3.8, 4) is 52.1 Å². The largest absolute Gasteiger partial charge is 0.493 e. The Morgan fingerprint density at radius 1 is 0.761 bits per heavy atom. The zero-order chi connectivity index (χ0) is 31.4. The van der Waals surface area contributed by atoms with Crippen LogP contribution >= 0.6 is 0 Å². The molecule has 5 aliphatic rings. The van der Waals surface area contributed by atoms with E-state index in [0.29, 0.717) is 41.7 Å². The highest BCUT2D eigenvalue weighted by atomic mass is 16.6. The number of ether oxygens (including phenoxy) is 5. The molecule has 5 aliphatic heterocycles. The third kappa shape index (κ3) is 4.91. The minimum Gasteiger partial charge on any atom is -0.493 e. The van der Waals surface area contributed by atoms with Crippen molar-refractivity contribution >= 4 is 0 Å². The smallest absolute Gasteiger partial charge is 0.212 e. The molecular weight excluding hydrogens is 578 g/mol. The van der Waals surface area contributed by atoms with Gasteiger partial charge in [-0.15, -0.1) is 0 Å². The number of benzene rings is 4. The Morgan fingerprint density at radius 3 is 2.30 bits per heavy atom. The fourth-order valence-corrected chi connectivity index (χ4v) is 7.57. The van der Waals surface area contributed by atoms with Crippen LogP contribution in [0, 0.1) is 11.3 Å². The van der Waals surface area contributed by atoms with Gasteiger partial charge in [0.15, 0.2) is 34.5 Å². The van der Waals surface area contributed by atoms with Crippen molar-refractivity contribution in [3.05, 3.63) is 94.0 Å². The molecule has 0 saturated carbocycles. The highest BCUT2D eigenvalue weighted by Crippen LogP contribution is 2.56. The van der Waals surface area contributed by atoms with E-state index in [1.807, 2.05) is 18.2 Å². The van der Waals surface area contributed by atoms with Crippen LogP contribution in [-0.2, 0) is 25.7 Å². The molecule has 0 spiro atoms. The molecule has 0 aliphatic carbocycles. The van der Waals surface area contributed by atoms with E-state index >= 15 is 0 Å². The lowest BCUT2D eigenvalue weighted by Crippen LogP contribution is -2.37. The van der Waals surface area contributed by atoms with Crippen LogP contribution in [0.3, 0.4) is 0 Å². The van der Waals surface area contributed by atoms with E-state index in [-0.39, 0.29) is 12.1 Å². The maximum atomic E-state index is 9.50. The average molecular weight is 616 g/mol. The average Bonchev–Trinajstić information content (AvgIpc) is 3.07. The van der Waals surface area contributed by atoms with Crippen molar-refractivity contribution in [2.75, 3.05) is 40.9 Å². The molecule has 8 nitrogen and oxygen atoms in total. The summed E-state index contributed by atoms with van der Waals surface area (Å²) in [5.41, 5.74) is 7.14. The van der Waals surface area contributed by atoms with Gasteiger partial charge in [0.1, 0.15) is 5.75 Å². The van der Waals surface area contributed by atoms with Crippen molar-refractivity contribution < 1.29 is 23.7 Å². The Kier molecular flexibility index (Phi) is 7.24. The lowest BCUT2D eigenvalue weighted by molar-refractivity contribution is 0.181. The Morgan fingerprint density at radius 2 is 1.50 bits per heavy atom. The van der Waals surface area contributed by atoms with Crippen molar-refractivity contribution in [1.82, 2.24) is 9.80 Å². The summed E-state index contributed by atoms with van der Waals surface area (Å²) in [6.45, 7) is 2.46. The van der Waals surface area contributed by atoms with E-state index in [4.69, 9.17) is 23.7 Å². The normalized spacial score (nSPS) is 19.6. The molecule has 0 aromatic heterocycles. The molecule has 234 valence electrons. The van der Waals surface area contributed by atoms with Crippen LogP contribution in [0.5, 0.6) is 46.0 Å². The second kappa shape index (κ2) is 11.6. The van der Waals surface area contributed by atoms with Crippen LogP contribution < -0.4 is 23.7 Å². The fraction of sp³-hybridized carbons (Fsp3) is 0.342. The second-order valence-electron chi connectivity index (χ2n) is 12.6. The van der Waals surface area contributed by atoms with E-state index in [1.54, 1.807) is 14.2 Å². The van der Waals surface area contributed by atoms with Crippen molar-refractivity contribution in [3.63, 3.8) is 0 Å². The van der Waals surface area contributed by atoms with Gasteiger partial charge < -0.3 is 23.7 Å². The molecule has 7 bridgehead atoms. The van der Waals surface area contributed by atoms with Gasteiger partial charge >= 0.3 is 0 Å². The standard InChI is InChI=1S/C38H37N3O5/c1-40-15-11-25-20-33-34-22-28(25)29(40)18-24-7-10-31(42-2)32(19-24)44-27-8-5-23(6-9-27)17-30-36-26(12-16-41(30)14-4-13-39)21-35(43-3)37(45-33)38(36)46-34/h5-10,19-22,29-30H,4,11-12,14-18H2,1-3H3/t29-,30-/m0/s1. The molecule has 2 atom stereocenters. The van der Waals surface area contributed by atoms with Gasteiger partial charge in [-0.3, -0.25) is 9.80 Å². The number of nitriles is 1. The number of hydrogen-bond donors (Lipinski definition) is 0. The summed E-state index contributed by atoms with van der Waals surface area (Å²) in [5.74, 6) is 5.60. The SMILES string of the molecule is COc1ccc2cc1Oc1ccc(cc1)C[C@H]1c3c(cc(OC)c4c3Oc3cc5c(cc3O4)CCN(C)[C@H]5C2)CCN1CCC#N. The molecule has 5 heterocycles. The van der Waals surface area contributed by atoms with E-state index in [2.05, 4.69) is 65.4 Å². The maximum absolute atomic E-state index is 9.50. The van der Waals surface area contributed by atoms with Gasteiger partial charge in [0, 0.05) is 43.7 Å². The third-order valence-corrected chi connectivity index (χ3v) is 9.99. The minimum absolute atomic E-state index is 0.0131. The minimum atomic E-state index is -0.0131. The van der Waals surface area contributed by atoms with Crippen LogP contribution in [0.4, 0.5) is 0 Å². The Hall–Kier alpha value is -4.71. The van der Waals surface area contributed by atoms with Gasteiger partial charge in [-0.05, 0) is 103 Å². The summed E-state index contributed by atoms with van der Waals surface area (Å²) in [4.78, 5) is 4.83. The van der Waals surface area contributed by atoms with Gasteiger partial charge in [-0.2, -0.15) is 5.26 Å². The van der Waals surface area contributed by atoms with Crippen molar-refractivity contribution in [2.45, 2.75) is 44.2 Å². The highest BCUT2D eigenvalue weighted by Gasteiger charge is 2.38. The number of fused-ring (bicyclic) bond motifs is 2. The predicted octanol–water partition coefficient (Wildman–Crippen LogP) is 7.53. The van der Waals surface area contributed by atoms with Crippen molar-refractivity contribution in [2.24, 2.45) is 0 Å². The summed E-state index contributed by atoms with van der Waals surface area (Å²) in [7, 11) is 5.55. The summed E-state index contributed by atoms with van der Waals surface area (Å²) >= 11 is 0. The Bertz CT molecular complexity index is 1860. The molecule has 46 heavy (non-hydrogen) atoms. The number of hydrogen-bond acceptors (Lipinski definition) is 8. The van der Waals surface area contributed by atoms with Crippen LogP contribution in [0.15, 0.2) is 60.7 Å². The van der Waals surface area contributed by atoms with E-state index in [9.17, 15) is 5.26 Å². The third-order valence-electron chi connectivity index (χ3n) is 9.99. The fourth-order valence-electron chi connectivity index (χ4n) is 7.57. The maximum Gasteiger partial charge on any atom is 0.212 e. The van der Waals surface area contributed by atoms with Crippen LogP contribution in [-0.4, -0.2) is 50.7 Å². The Labute approximate surface area is 269 Å². The number of methoxy groups -OCH3 is 2. The summed E-state index contributed by atoms with van der Waals surface area (Å²) in [6.07, 6.45) is 3.76. The number of rotatable bonds is 4. The molecule has 0 radical (unpaired) electrons. The Balaban J connectivity index is 1.32. The van der Waals surface area contributed by atoms with Crippen LogP contribution in [0.25, 0.3) is 0 Å². The molecular formula is C38H37N3O5. The van der Waals surface area contributed by atoms with Gasteiger partial charge in [-0.1, -0.05) is 18.2 Å². The molecule has 9 rings (SSSR count). The summed E-state index contributed by atoms with van der Waals surface area (Å²) in [6, 6.07) is 23.5. The number of nitrogens with zero attached hydrogens (tertiary/aromatic N) is 3. The van der Waals surface area contributed by atoms with Crippen molar-refractivity contribution in [1.29, 1.82) is 5.26 Å². The van der Waals surface area contributed by atoms with Crippen LogP contribution in [0.2, 0.25) is 0 Å². The predicted molar refractivity (Wildman–Crippen MR) is 174 cm³/mol. The first-order chi connectivity index (χ1) is 22.5. The summed E-state index contributed by atoms with van der Waals surface area (Å²) < 4.78 is 31.7. The number of likely N-dealkylation sites (N-methyl/N-ethyl adjacent to an activating group) is 1. The van der Waals surface area contributed by atoms with E-state index in [1.165, 1.54) is 16.7 Å². The highest BCUT2D eigenvalue weighted by molar-refractivity contribution is 5.67. The summed E-state index contributed by atoms with van der Waals surface area (Å²) in [5, 5.41) is 9.50. The topological polar surface area (TPSA) is 76.4 Å². The molecule has 0 saturated heterocycles. The molecule has 0 amide bonds. The van der Waals surface area contributed by atoms with Crippen LogP contribution in [0.1, 0.15) is 51.9 Å². The second-order valence-corrected chi connectivity index (χ2v) is 12.6. The van der Waals surface area contributed by atoms with Gasteiger partial charge in [0.2, 0.25) is 5.75 Å². The zero-order valence-corrected chi connectivity index (χ0v) is 26.5. The molecule has 0 unspecified atom stereocenters. The molecule has 0 N–H and O–H groups in total. The molecule has 0 fully saturated rings. The van der Waals surface area contributed by atoms with E-state index in [0.717, 1.165) is 72.7 Å². The zero-order valence-electron chi connectivity index (χ0n) is 26.5. The lowest BCUT2D eigenvalue weighted by Gasteiger charge is -2.40. The molecule has 4 aromatic rings. The quantitative estimate of drug-likeness (QED) is 0.205.